The maximum atomic E-state index is 11.1. The molecule has 0 amide bonds. The number of rotatable bonds is 8. The van der Waals surface area contributed by atoms with Gasteiger partial charge >= 0.3 is 0 Å². The number of aryl methyl sites for hydroxylation is 2. The first-order valence-electron chi connectivity index (χ1n) is 9.61. The average Bonchev–Trinajstić information content (AvgIpc) is 2.72. The van der Waals surface area contributed by atoms with Gasteiger partial charge in [-0.1, -0.05) is 13.8 Å². The van der Waals surface area contributed by atoms with Gasteiger partial charge in [-0.05, 0) is 37.1 Å². The van der Waals surface area contributed by atoms with Crippen LogP contribution >= 0.6 is 0 Å². The van der Waals surface area contributed by atoms with Gasteiger partial charge in [-0.25, -0.2) is 0 Å². The minimum Gasteiger partial charge on any atom is -0.457 e. The van der Waals surface area contributed by atoms with Crippen LogP contribution in [-0.2, 0) is 12.8 Å². The molecule has 9 nitrogen and oxygen atoms in total. The number of hydrogen-bond acceptors (Lipinski definition) is 7. The van der Waals surface area contributed by atoms with Crippen molar-refractivity contribution in [3.05, 3.63) is 86.0 Å². The zero-order chi connectivity index (χ0) is 22.5. The summed E-state index contributed by atoms with van der Waals surface area (Å²) in [5.41, 5.74) is 7.55. The number of nitro groups is 2. The van der Waals surface area contributed by atoms with Crippen molar-refractivity contribution in [1.29, 1.82) is 0 Å². The van der Waals surface area contributed by atoms with Crippen LogP contribution in [0.2, 0.25) is 0 Å². The van der Waals surface area contributed by atoms with Crippen molar-refractivity contribution in [3.63, 3.8) is 0 Å². The fourth-order valence-electron chi connectivity index (χ4n) is 3.16. The highest BCUT2D eigenvalue weighted by Gasteiger charge is 2.15. The minimum atomic E-state index is -0.427. The monoisotopic (exact) mass is 423 g/mol. The molecular formula is C22H21N3O6. The zero-order valence-electron chi connectivity index (χ0n) is 17.0. The van der Waals surface area contributed by atoms with E-state index in [4.69, 9.17) is 15.2 Å². The Morgan fingerprint density at radius 3 is 1.48 bits per heavy atom. The Morgan fingerprint density at radius 1 is 0.710 bits per heavy atom. The van der Waals surface area contributed by atoms with Crippen LogP contribution in [0.5, 0.6) is 23.0 Å². The van der Waals surface area contributed by atoms with Crippen LogP contribution in [0.4, 0.5) is 17.1 Å². The first-order chi connectivity index (χ1) is 14.8. The summed E-state index contributed by atoms with van der Waals surface area (Å²) in [6.07, 6.45) is 0.970. The van der Waals surface area contributed by atoms with Gasteiger partial charge in [0.15, 0.2) is 0 Å². The van der Waals surface area contributed by atoms with Gasteiger partial charge in [0.2, 0.25) is 0 Å². The molecule has 0 aliphatic carbocycles. The van der Waals surface area contributed by atoms with Gasteiger partial charge < -0.3 is 15.2 Å². The van der Waals surface area contributed by atoms with Gasteiger partial charge in [0.25, 0.3) is 11.4 Å². The van der Waals surface area contributed by atoms with E-state index in [1.165, 1.54) is 24.3 Å². The lowest BCUT2D eigenvalue weighted by atomic mass is 10.1. The van der Waals surface area contributed by atoms with E-state index in [1.807, 2.05) is 13.8 Å². The van der Waals surface area contributed by atoms with Crippen molar-refractivity contribution in [1.82, 2.24) is 0 Å². The molecule has 0 bridgehead atoms. The number of anilines is 1. The van der Waals surface area contributed by atoms with Gasteiger partial charge in [-0.3, -0.25) is 20.2 Å². The molecule has 3 aromatic carbocycles. The number of benzene rings is 3. The van der Waals surface area contributed by atoms with Crippen LogP contribution in [0.25, 0.3) is 0 Å². The predicted octanol–water partition coefficient (Wildman–Crippen LogP) is 5.79. The van der Waals surface area contributed by atoms with E-state index < -0.39 is 9.85 Å². The second-order valence-electron chi connectivity index (χ2n) is 6.74. The highest BCUT2D eigenvalue weighted by molar-refractivity contribution is 5.54. The summed E-state index contributed by atoms with van der Waals surface area (Å²) in [4.78, 5) is 21.4. The number of ether oxygens (including phenoxy) is 2. The largest absolute Gasteiger partial charge is 0.457 e. The molecule has 0 atom stereocenters. The van der Waals surface area contributed by atoms with E-state index in [2.05, 4.69) is 0 Å². The number of nitrogen functional groups attached to an aromatic ring is 1. The average molecular weight is 423 g/mol. The third-order valence-electron chi connectivity index (χ3n) is 4.63. The zero-order valence-corrected chi connectivity index (χ0v) is 17.0. The molecule has 0 spiro atoms. The van der Waals surface area contributed by atoms with Crippen molar-refractivity contribution in [2.24, 2.45) is 0 Å². The second-order valence-corrected chi connectivity index (χ2v) is 6.74. The normalized spacial score (nSPS) is 10.5. The van der Waals surface area contributed by atoms with Crippen molar-refractivity contribution in [2.45, 2.75) is 26.7 Å². The SMILES string of the molecule is CCc1cc(Oc2cc(N)cc(Oc3ccc([N+](=O)[O-])c(CC)c3)c2)ccc1[N+](=O)[O-]. The standard InChI is InChI=1S/C22H21N3O6/c1-3-14-9-17(5-7-21(14)24(26)27)30-19-11-16(23)12-20(13-19)31-18-6-8-22(25(28)29)15(4-2)10-18/h5-13H,3-4,23H2,1-2H3. The summed E-state index contributed by atoms with van der Waals surface area (Å²) in [6.45, 7) is 3.65. The van der Waals surface area contributed by atoms with Crippen LogP contribution in [0.1, 0.15) is 25.0 Å². The highest BCUT2D eigenvalue weighted by Crippen LogP contribution is 2.34. The fraction of sp³-hybridized carbons (Fsp3) is 0.182. The molecule has 3 rings (SSSR count). The van der Waals surface area contributed by atoms with Crippen LogP contribution in [0.3, 0.4) is 0 Å². The van der Waals surface area contributed by atoms with E-state index in [0.717, 1.165) is 0 Å². The number of nitro benzene ring substituents is 2. The Bertz CT molecular complexity index is 1060. The van der Waals surface area contributed by atoms with Crippen molar-refractivity contribution < 1.29 is 19.3 Å². The minimum absolute atomic E-state index is 0.0383. The van der Waals surface area contributed by atoms with Crippen molar-refractivity contribution in [2.75, 3.05) is 5.73 Å². The summed E-state index contributed by atoms with van der Waals surface area (Å²) in [7, 11) is 0. The van der Waals surface area contributed by atoms with Gasteiger partial charge in [-0.2, -0.15) is 0 Å². The molecule has 3 aromatic rings. The molecule has 0 saturated heterocycles. The van der Waals surface area contributed by atoms with Gasteiger partial charge in [0, 0.05) is 47.1 Å². The van der Waals surface area contributed by atoms with E-state index in [1.54, 1.807) is 30.3 Å². The van der Waals surface area contributed by atoms with E-state index in [0.29, 0.717) is 52.7 Å². The van der Waals surface area contributed by atoms with Crippen LogP contribution in [-0.4, -0.2) is 9.85 Å². The molecule has 160 valence electrons. The smallest absolute Gasteiger partial charge is 0.272 e. The summed E-state index contributed by atoms with van der Waals surface area (Å²) >= 11 is 0. The molecule has 0 radical (unpaired) electrons. The molecule has 0 aliphatic rings. The van der Waals surface area contributed by atoms with E-state index in [9.17, 15) is 20.2 Å². The predicted molar refractivity (Wildman–Crippen MR) is 116 cm³/mol. The lowest BCUT2D eigenvalue weighted by Crippen LogP contribution is -1.96. The van der Waals surface area contributed by atoms with Crippen LogP contribution in [0.15, 0.2) is 54.6 Å². The Kier molecular flexibility index (Phi) is 6.35. The molecule has 0 heterocycles. The summed E-state index contributed by atoms with van der Waals surface area (Å²) in [5, 5.41) is 22.2. The molecule has 0 fully saturated rings. The summed E-state index contributed by atoms with van der Waals surface area (Å²) in [6, 6.07) is 13.9. The Balaban J connectivity index is 1.86. The molecule has 0 saturated carbocycles. The highest BCUT2D eigenvalue weighted by atomic mass is 16.6. The number of nitrogens with two attached hydrogens (primary N) is 1. The Morgan fingerprint density at radius 2 is 1.13 bits per heavy atom. The number of hydrogen-bond donors (Lipinski definition) is 1. The van der Waals surface area contributed by atoms with Crippen molar-refractivity contribution >= 4 is 17.1 Å². The van der Waals surface area contributed by atoms with E-state index in [-0.39, 0.29) is 11.4 Å². The first kappa shape index (κ1) is 21.6. The Hall–Kier alpha value is -4.14. The maximum absolute atomic E-state index is 11.1. The molecule has 9 heteroatoms. The molecule has 2 N–H and O–H groups in total. The molecular weight excluding hydrogens is 402 g/mol. The van der Waals surface area contributed by atoms with Gasteiger partial charge in [0.05, 0.1) is 9.85 Å². The number of nitrogens with zero attached hydrogens (tertiary/aromatic N) is 2. The third kappa shape index (κ3) is 5.08. The fourth-order valence-corrected chi connectivity index (χ4v) is 3.16. The molecule has 0 unspecified atom stereocenters. The van der Waals surface area contributed by atoms with Gasteiger partial charge in [0.1, 0.15) is 23.0 Å². The molecule has 0 aliphatic heterocycles. The maximum Gasteiger partial charge on any atom is 0.272 e. The first-order valence-corrected chi connectivity index (χ1v) is 9.61. The summed E-state index contributed by atoms with van der Waals surface area (Å²) in [5.74, 6) is 1.65. The molecule has 31 heavy (non-hydrogen) atoms. The molecule has 0 aromatic heterocycles. The van der Waals surface area contributed by atoms with Crippen LogP contribution in [0, 0.1) is 20.2 Å². The van der Waals surface area contributed by atoms with Gasteiger partial charge in [-0.15, -0.1) is 0 Å². The van der Waals surface area contributed by atoms with Crippen molar-refractivity contribution in [3.8, 4) is 23.0 Å². The second kappa shape index (κ2) is 9.12. The van der Waals surface area contributed by atoms with Crippen LogP contribution < -0.4 is 15.2 Å². The lowest BCUT2D eigenvalue weighted by Gasteiger charge is -2.12. The lowest BCUT2D eigenvalue weighted by molar-refractivity contribution is -0.385. The van der Waals surface area contributed by atoms with E-state index >= 15 is 0 Å². The third-order valence-corrected chi connectivity index (χ3v) is 4.63. The topological polar surface area (TPSA) is 131 Å². The summed E-state index contributed by atoms with van der Waals surface area (Å²) < 4.78 is 11.7. The Labute approximate surface area is 178 Å². The quantitative estimate of drug-likeness (QED) is 0.275.